The summed E-state index contributed by atoms with van der Waals surface area (Å²) in [6.45, 7) is 5.07. The summed E-state index contributed by atoms with van der Waals surface area (Å²) in [6.07, 6.45) is 0.858. The van der Waals surface area contributed by atoms with Gasteiger partial charge in [-0.15, -0.1) is 0 Å². The molecule has 0 aliphatic carbocycles. The third-order valence-electron chi connectivity index (χ3n) is 4.51. The van der Waals surface area contributed by atoms with Gasteiger partial charge in [0.2, 0.25) is 0 Å². The van der Waals surface area contributed by atoms with Crippen LogP contribution in [0.25, 0.3) is 0 Å². The van der Waals surface area contributed by atoms with Crippen molar-refractivity contribution in [3.63, 3.8) is 0 Å². The monoisotopic (exact) mass is 399 g/mol. The van der Waals surface area contributed by atoms with Gasteiger partial charge in [0, 0.05) is 20.1 Å². The molecule has 6 heteroatoms. The van der Waals surface area contributed by atoms with Crippen molar-refractivity contribution in [1.29, 1.82) is 0 Å². The second-order valence-electron chi connectivity index (χ2n) is 6.93. The van der Waals surface area contributed by atoms with Crippen molar-refractivity contribution in [3.05, 3.63) is 59.7 Å². The molecule has 0 aliphatic heterocycles. The van der Waals surface area contributed by atoms with Crippen molar-refractivity contribution in [2.24, 2.45) is 10.9 Å². The molecule has 0 aromatic heterocycles. The standard InChI is InChI=1S/C23H33N3O3/c1-18(16-29-17-20-8-6-5-7-9-20)15-26-23(24-2)25-13-12-19-10-11-21(27-3)22(14-19)28-4/h5-11,14,18H,12-13,15-17H2,1-4H3,(H2,24,25,26). The van der Waals surface area contributed by atoms with Crippen molar-refractivity contribution < 1.29 is 14.2 Å². The quantitative estimate of drug-likeness (QED) is 0.449. The van der Waals surface area contributed by atoms with Crippen LogP contribution in [0.3, 0.4) is 0 Å². The Morgan fingerprint density at radius 2 is 1.72 bits per heavy atom. The van der Waals surface area contributed by atoms with Crippen molar-refractivity contribution in [3.8, 4) is 11.5 Å². The number of nitrogens with zero attached hydrogens (tertiary/aromatic N) is 1. The van der Waals surface area contributed by atoms with Gasteiger partial charge < -0.3 is 24.8 Å². The number of hydrogen-bond acceptors (Lipinski definition) is 4. The first-order valence-corrected chi connectivity index (χ1v) is 9.93. The third kappa shape index (κ3) is 8.03. The van der Waals surface area contributed by atoms with Gasteiger partial charge in [-0.05, 0) is 35.6 Å². The Morgan fingerprint density at radius 3 is 2.41 bits per heavy atom. The van der Waals surface area contributed by atoms with Crippen LogP contribution in [0, 0.1) is 5.92 Å². The molecule has 0 heterocycles. The fraction of sp³-hybridized carbons (Fsp3) is 0.435. The first-order valence-electron chi connectivity index (χ1n) is 9.93. The number of hydrogen-bond donors (Lipinski definition) is 2. The van der Waals surface area contributed by atoms with E-state index in [0.717, 1.165) is 37.0 Å². The first kappa shape index (κ1) is 22.6. The highest BCUT2D eigenvalue weighted by Gasteiger charge is 2.07. The average Bonchev–Trinajstić information content (AvgIpc) is 2.76. The van der Waals surface area contributed by atoms with Gasteiger partial charge in [0.05, 0.1) is 27.4 Å². The van der Waals surface area contributed by atoms with Crippen LogP contribution in [0.15, 0.2) is 53.5 Å². The van der Waals surface area contributed by atoms with Crippen molar-refractivity contribution in [2.75, 3.05) is 41.0 Å². The van der Waals surface area contributed by atoms with Gasteiger partial charge in [-0.1, -0.05) is 43.3 Å². The zero-order valence-corrected chi connectivity index (χ0v) is 17.9. The molecule has 6 nitrogen and oxygen atoms in total. The van der Waals surface area contributed by atoms with Gasteiger partial charge in [-0.3, -0.25) is 4.99 Å². The SMILES string of the molecule is CN=C(NCCc1ccc(OC)c(OC)c1)NCC(C)COCc1ccccc1. The highest BCUT2D eigenvalue weighted by molar-refractivity contribution is 5.79. The molecule has 0 bridgehead atoms. The van der Waals surface area contributed by atoms with Crippen molar-refractivity contribution >= 4 is 5.96 Å². The molecular formula is C23H33N3O3. The highest BCUT2D eigenvalue weighted by atomic mass is 16.5. The van der Waals surface area contributed by atoms with Crippen LogP contribution in [0.1, 0.15) is 18.1 Å². The number of methoxy groups -OCH3 is 2. The minimum atomic E-state index is 0.378. The predicted molar refractivity (Wildman–Crippen MR) is 118 cm³/mol. The summed E-state index contributed by atoms with van der Waals surface area (Å²) < 4.78 is 16.4. The number of benzene rings is 2. The number of ether oxygens (including phenoxy) is 3. The van der Waals surface area contributed by atoms with Crippen LogP contribution in [0.4, 0.5) is 0 Å². The Kier molecular flexibility index (Phi) is 9.86. The molecule has 0 aliphatic rings. The predicted octanol–water partition coefficient (Wildman–Crippen LogP) is 3.26. The molecule has 0 fully saturated rings. The van der Waals surface area contributed by atoms with E-state index < -0.39 is 0 Å². The smallest absolute Gasteiger partial charge is 0.190 e. The van der Waals surface area contributed by atoms with Gasteiger partial charge in [0.25, 0.3) is 0 Å². The zero-order chi connectivity index (χ0) is 20.9. The van der Waals surface area contributed by atoms with E-state index in [4.69, 9.17) is 14.2 Å². The molecule has 1 unspecified atom stereocenters. The largest absolute Gasteiger partial charge is 0.493 e. The van der Waals surface area contributed by atoms with E-state index in [9.17, 15) is 0 Å². The molecule has 29 heavy (non-hydrogen) atoms. The van der Waals surface area contributed by atoms with Gasteiger partial charge in [-0.2, -0.15) is 0 Å². The fourth-order valence-electron chi connectivity index (χ4n) is 2.86. The van der Waals surface area contributed by atoms with Crippen LogP contribution in [0.5, 0.6) is 11.5 Å². The van der Waals surface area contributed by atoms with Crippen molar-refractivity contribution in [2.45, 2.75) is 20.0 Å². The minimum absolute atomic E-state index is 0.378. The Hall–Kier alpha value is -2.73. The Bertz CT molecular complexity index is 750. The van der Waals surface area contributed by atoms with E-state index in [1.165, 1.54) is 11.1 Å². The van der Waals surface area contributed by atoms with Gasteiger partial charge in [0.15, 0.2) is 17.5 Å². The summed E-state index contributed by atoms with van der Waals surface area (Å²) in [5, 5.41) is 6.71. The number of nitrogens with one attached hydrogen (secondary N) is 2. The van der Waals surface area contributed by atoms with Crippen LogP contribution >= 0.6 is 0 Å². The Morgan fingerprint density at radius 1 is 0.966 bits per heavy atom. The van der Waals surface area contributed by atoms with Crippen LogP contribution in [-0.4, -0.2) is 46.9 Å². The van der Waals surface area contributed by atoms with E-state index in [0.29, 0.717) is 19.1 Å². The summed E-state index contributed by atoms with van der Waals surface area (Å²) in [5.74, 6) is 2.66. The first-order chi connectivity index (χ1) is 14.2. The number of aliphatic imine (C=N–C) groups is 1. The molecule has 0 amide bonds. The Balaban J connectivity index is 1.67. The maximum atomic E-state index is 5.80. The molecule has 2 rings (SSSR count). The molecular weight excluding hydrogens is 366 g/mol. The maximum Gasteiger partial charge on any atom is 0.190 e. The lowest BCUT2D eigenvalue weighted by molar-refractivity contribution is 0.0931. The van der Waals surface area contributed by atoms with Gasteiger partial charge in [-0.25, -0.2) is 0 Å². The number of guanidine groups is 1. The lowest BCUT2D eigenvalue weighted by Crippen LogP contribution is -2.40. The topological polar surface area (TPSA) is 64.1 Å². The van der Waals surface area contributed by atoms with Crippen LogP contribution in [0.2, 0.25) is 0 Å². The molecule has 0 saturated carbocycles. The van der Waals surface area contributed by atoms with E-state index in [1.807, 2.05) is 36.4 Å². The molecule has 0 spiro atoms. The summed E-state index contributed by atoms with van der Waals surface area (Å²) in [7, 11) is 5.07. The summed E-state index contributed by atoms with van der Waals surface area (Å²) in [5.41, 5.74) is 2.37. The average molecular weight is 400 g/mol. The zero-order valence-electron chi connectivity index (χ0n) is 17.9. The molecule has 1 atom stereocenters. The van der Waals surface area contributed by atoms with Gasteiger partial charge in [0.1, 0.15) is 0 Å². The van der Waals surface area contributed by atoms with E-state index in [1.54, 1.807) is 21.3 Å². The lowest BCUT2D eigenvalue weighted by Gasteiger charge is -2.16. The number of rotatable bonds is 11. The molecule has 0 radical (unpaired) electrons. The van der Waals surface area contributed by atoms with E-state index in [2.05, 4.69) is 34.7 Å². The molecule has 2 aromatic rings. The summed E-state index contributed by atoms with van der Waals surface area (Å²) in [4.78, 5) is 4.29. The van der Waals surface area contributed by atoms with Gasteiger partial charge >= 0.3 is 0 Å². The third-order valence-corrected chi connectivity index (χ3v) is 4.51. The Labute approximate surface area is 174 Å². The normalized spacial score (nSPS) is 12.3. The summed E-state index contributed by atoms with van der Waals surface area (Å²) >= 11 is 0. The van der Waals surface area contributed by atoms with Crippen LogP contribution < -0.4 is 20.1 Å². The molecule has 158 valence electrons. The minimum Gasteiger partial charge on any atom is -0.493 e. The highest BCUT2D eigenvalue weighted by Crippen LogP contribution is 2.27. The van der Waals surface area contributed by atoms with E-state index in [-0.39, 0.29) is 0 Å². The molecule has 2 aromatic carbocycles. The van der Waals surface area contributed by atoms with E-state index >= 15 is 0 Å². The second-order valence-corrected chi connectivity index (χ2v) is 6.93. The summed E-state index contributed by atoms with van der Waals surface area (Å²) in [6, 6.07) is 16.2. The van der Waals surface area contributed by atoms with Crippen molar-refractivity contribution in [1.82, 2.24) is 10.6 Å². The maximum absolute atomic E-state index is 5.80. The lowest BCUT2D eigenvalue weighted by atomic mass is 10.1. The second kappa shape index (κ2) is 12.7. The van der Waals surface area contributed by atoms with Crippen LogP contribution in [-0.2, 0) is 17.8 Å². The molecule has 2 N–H and O–H groups in total. The molecule has 0 saturated heterocycles. The fourth-order valence-corrected chi connectivity index (χ4v) is 2.86.